The topological polar surface area (TPSA) is 129 Å². The first-order chi connectivity index (χ1) is 8.48. The van der Waals surface area contributed by atoms with Crippen molar-refractivity contribution >= 4 is 30.2 Å². The summed E-state index contributed by atoms with van der Waals surface area (Å²) in [5, 5.41) is -1.39. The molecule has 0 spiro atoms. The Morgan fingerprint density at radius 1 is 0.842 bits per heavy atom. The molecule has 0 unspecified atom stereocenters. The summed E-state index contributed by atoms with van der Waals surface area (Å²) < 4.78 is 78.2. The van der Waals surface area contributed by atoms with Gasteiger partial charge in [0.15, 0.2) is 5.08 Å². The highest BCUT2D eigenvalue weighted by atomic mass is 32.3. The Bertz CT molecular complexity index is 614. The standard InChI is InChI=1S/C7H16N2O7S3/c1-2-17(10,11)8-3-5-9(6-4-8)18(12,13)7-19(14,15)16/h2-7H2,1H3,(H,14,15,16). The van der Waals surface area contributed by atoms with Crippen LogP contribution >= 0.6 is 0 Å². The molecule has 1 aliphatic heterocycles. The molecule has 114 valence electrons. The summed E-state index contributed by atoms with van der Waals surface area (Å²) >= 11 is 0. The van der Waals surface area contributed by atoms with Gasteiger partial charge in [-0.2, -0.15) is 17.0 Å². The third-order valence-corrected chi connectivity index (χ3v) is 8.06. The fraction of sp³-hybridized carbons (Fsp3) is 1.00. The second-order valence-corrected chi connectivity index (χ2v) is 10.1. The Morgan fingerprint density at radius 2 is 1.21 bits per heavy atom. The molecular weight excluding hydrogens is 320 g/mol. The maximum absolute atomic E-state index is 11.6. The smallest absolute Gasteiger partial charge is 0.280 e. The van der Waals surface area contributed by atoms with Crippen LogP contribution in [0.5, 0.6) is 0 Å². The zero-order valence-corrected chi connectivity index (χ0v) is 12.7. The van der Waals surface area contributed by atoms with Gasteiger partial charge in [0.25, 0.3) is 10.1 Å². The van der Waals surface area contributed by atoms with Gasteiger partial charge in [-0.1, -0.05) is 0 Å². The molecule has 0 amide bonds. The lowest BCUT2D eigenvalue weighted by Crippen LogP contribution is -2.51. The maximum atomic E-state index is 11.6. The molecule has 0 aromatic carbocycles. The van der Waals surface area contributed by atoms with E-state index in [1.165, 1.54) is 6.92 Å². The first-order valence-electron chi connectivity index (χ1n) is 5.39. The van der Waals surface area contributed by atoms with E-state index in [4.69, 9.17) is 4.55 Å². The molecule has 19 heavy (non-hydrogen) atoms. The van der Waals surface area contributed by atoms with E-state index in [1.54, 1.807) is 0 Å². The molecular formula is C7H16N2O7S3. The van der Waals surface area contributed by atoms with Gasteiger partial charge in [-0.15, -0.1) is 0 Å². The summed E-state index contributed by atoms with van der Waals surface area (Å²) in [6.07, 6.45) is 0. The average molecular weight is 336 g/mol. The Hall–Kier alpha value is -0.270. The van der Waals surface area contributed by atoms with Crippen LogP contribution in [0.3, 0.4) is 0 Å². The number of sulfonamides is 2. The predicted octanol–water partition coefficient (Wildman–Crippen LogP) is -1.87. The lowest BCUT2D eigenvalue weighted by molar-refractivity contribution is 0.273. The summed E-state index contributed by atoms with van der Waals surface area (Å²) in [6.45, 7) is 1.17. The Morgan fingerprint density at radius 3 is 1.53 bits per heavy atom. The Labute approximate surface area is 113 Å². The number of piperazine rings is 1. The van der Waals surface area contributed by atoms with E-state index in [-0.39, 0.29) is 31.9 Å². The van der Waals surface area contributed by atoms with Gasteiger partial charge in [0.2, 0.25) is 20.0 Å². The summed E-state index contributed by atoms with van der Waals surface area (Å²) in [5.74, 6) is -0.0786. The van der Waals surface area contributed by atoms with Crippen molar-refractivity contribution < 1.29 is 29.8 Å². The van der Waals surface area contributed by atoms with Crippen molar-refractivity contribution in [3.63, 3.8) is 0 Å². The van der Waals surface area contributed by atoms with Crippen molar-refractivity contribution in [1.82, 2.24) is 8.61 Å². The third-order valence-electron chi connectivity index (χ3n) is 2.65. The molecule has 0 aromatic heterocycles. The lowest BCUT2D eigenvalue weighted by Gasteiger charge is -2.32. The van der Waals surface area contributed by atoms with Gasteiger partial charge in [-0.05, 0) is 6.92 Å². The van der Waals surface area contributed by atoms with E-state index in [0.29, 0.717) is 0 Å². The van der Waals surface area contributed by atoms with Crippen molar-refractivity contribution in [1.29, 1.82) is 0 Å². The zero-order chi connectivity index (χ0) is 14.9. The van der Waals surface area contributed by atoms with E-state index in [0.717, 1.165) is 8.61 Å². The highest BCUT2D eigenvalue weighted by Gasteiger charge is 2.33. The fourth-order valence-electron chi connectivity index (χ4n) is 1.67. The Kier molecular flexibility index (Phi) is 4.96. The molecule has 0 atom stereocenters. The molecule has 1 heterocycles. The number of hydrogen-bond acceptors (Lipinski definition) is 6. The van der Waals surface area contributed by atoms with Gasteiger partial charge < -0.3 is 0 Å². The van der Waals surface area contributed by atoms with Crippen LogP contribution in [-0.2, 0) is 30.2 Å². The molecule has 1 saturated heterocycles. The molecule has 1 aliphatic rings. The normalized spacial score (nSPS) is 20.5. The largest absolute Gasteiger partial charge is 0.285 e. The molecule has 1 fully saturated rings. The summed E-state index contributed by atoms with van der Waals surface area (Å²) in [4.78, 5) is 0. The van der Waals surface area contributed by atoms with Gasteiger partial charge in [0.1, 0.15) is 0 Å². The molecule has 0 bridgehead atoms. The summed E-state index contributed by atoms with van der Waals surface area (Å²) in [7, 11) is -12.2. The second kappa shape index (κ2) is 5.61. The molecule has 1 N–H and O–H groups in total. The van der Waals surface area contributed by atoms with Crippen LogP contribution in [0.1, 0.15) is 6.92 Å². The molecule has 0 aromatic rings. The third kappa shape index (κ3) is 4.65. The van der Waals surface area contributed by atoms with Crippen molar-refractivity contribution in [3.8, 4) is 0 Å². The van der Waals surface area contributed by atoms with Gasteiger partial charge in [0, 0.05) is 26.2 Å². The lowest BCUT2D eigenvalue weighted by atomic mass is 10.4. The van der Waals surface area contributed by atoms with E-state index in [2.05, 4.69) is 0 Å². The minimum absolute atomic E-state index is 0.0269. The highest BCUT2D eigenvalue weighted by molar-refractivity contribution is 8.04. The van der Waals surface area contributed by atoms with Gasteiger partial charge in [-0.3, -0.25) is 4.55 Å². The summed E-state index contributed by atoms with van der Waals surface area (Å²) in [5.41, 5.74) is 0. The first kappa shape index (κ1) is 16.8. The number of rotatable bonds is 5. The average Bonchev–Trinajstić information content (AvgIpc) is 2.26. The van der Waals surface area contributed by atoms with E-state index >= 15 is 0 Å². The quantitative estimate of drug-likeness (QED) is 0.582. The van der Waals surface area contributed by atoms with Crippen LogP contribution in [0, 0.1) is 0 Å². The van der Waals surface area contributed by atoms with Gasteiger partial charge in [0.05, 0.1) is 5.75 Å². The minimum atomic E-state index is -4.64. The first-order valence-corrected chi connectivity index (χ1v) is 10.2. The van der Waals surface area contributed by atoms with Crippen LogP contribution in [0.15, 0.2) is 0 Å². The Balaban J connectivity index is 2.75. The van der Waals surface area contributed by atoms with Crippen LogP contribution in [-0.4, -0.2) is 75.4 Å². The van der Waals surface area contributed by atoms with Crippen molar-refractivity contribution in [2.45, 2.75) is 6.92 Å². The van der Waals surface area contributed by atoms with E-state index in [1.807, 2.05) is 0 Å². The number of hydrogen-bond donors (Lipinski definition) is 1. The van der Waals surface area contributed by atoms with Crippen LogP contribution < -0.4 is 0 Å². The second-order valence-electron chi connectivity index (χ2n) is 4.01. The monoisotopic (exact) mass is 336 g/mol. The molecule has 0 saturated carbocycles. The van der Waals surface area contributed by atoms with E-state index in [9.17, 15) is 25.3 Å². The fourth-order valence-corrected chi connectivity index (χ4v) is 5.58. The highest BCUT2D eigenvalue weighted by Crippen LogP contribution is 2.12. The summed E-state index contributed by atoms with van der Waals surface area (Å²) in [6, 6.07) is 0. The molecule has 9 nitrogen and oxygen atoms in total. The molecule has 0 aliphatic carbocycles. The molecule has 0 radical (unpaired) electrons. The van der Waals surface area contributed by atoms with Crippen molar-refractivity contribution in [3.05, 3.63) is 0 Å². The van der Waals surface area contributed by atoms with E-state index < -0.39 is 35.2 Å². The van der Waals surface area contributed by atoms with Crippen molar-refractivity contribution in [2.24, 2.45) is 0 Å². The number of nitrogens with zero attached hydrogens (tertiary/aromatic N) is 2. The molecule has 1 rings (SSSR count). The van der Waals surface area contributed by atoms with Crippen LogP contribution in [0.2, 0.25) is 0 Å². The zero-order valence-electron chi connectivity index (χ0n) is 10.3. The predicted molar refractivity (Wildman–Crippen MR) is 67.9 cm³/mol. The SMILES string of the molecule is CCS(=O)(=O)N1CCN(S(=O)(=O)CS(=O)(=O)O)CC1. The maximum Gasteiger partial charge on any atom is 0.280 e. The van der Waals surface area contributed by atoms with Crippen molar-refractivity contribution in [2.75, 3.05) is 37.0 Å². The van der Waals surface area contributed by atoms with Gasteiger partial charge >= 0.3 is 0 Å². The van der Waals surface area contributed by atoms with Gasteiger partial charge in [-0.25, -0.2) is 16.8 Å². The minimum Gasteiger partial charge on any atom is -0.285 e. The van der Waals surface area contributed by atoms with Crippen LogP contribution in [0.4, 0.5) is 0 Å². The molecule has 12 heteroatoms. The van der Waals surface area contributed by atoms with Crippen LogP contribution in [0.25, 0.3) is 0 Å².